The van der Waals surface area contributed by atoms with E-state index in [-0.39, 0.29) is 35.5 Å². The van der Waals surface area contributed by atoms with Gasteiger partial charge in [-0.25, -0.2) is 4.39 Å². The van der Waals surface area contributed by atoms with Gasteiger partial charge >= 0.3 is 0 Å². The molecule has 0 aromatic heterocycles. The van der Waals surface area contributed by atoms with Crippen molar-refractivity contribution in [3.8, 4) is 0 Å². The second-order valence-corrected chi connectivity index (χ2v) is 8.63. The van der Waals surface area contributed by atoms with Crippen molar-refractivity contribution in [2.24, 2.45) is 0 Å². The van der Waals surface area contributed by atoms with Crippen LogP contribution >= 0.6 is 34.8 Å². The summed E-state index contributed by atoms with van der Waals surface area (Å²) in [5, 5.41) is 3.93. The van der Waals surface area contributed by atoms with Crippen molar-refractivity contribution in [3.05, 3.63) is 68.4 Å². The van der Waals surface area contributed by atoms with Gasteiger partial charge < -0.3 is 10.2 Å². The molecule has 0 aliphatic carbocycles. The molecular formula is C23H26Cl3FN2O2. The highest BCUT2D eigenvalue weighted by molar-refractivity contribution is 6.35. The van der Waals surface area contributed by atoms with Gasteiger partial charge in [-0.15, -0.1) is 0 Å². The molecule has 8 heteroatoms. The van der Waals surface area contributed by atoms with Crippen LogP contribution in [-0.4, -0.2) is 28.8 Å². The summed E-state index contributed by atoms with van der Waals surface area (Å²) in [7, 11) is 0. The SMILES string of the molecule is CC[C@H](C(=O)N[C@@H](C)CC)N(Cc1ccc(Cl)cc1Cl)C(=O)Cc1c(F)cccc1Cl. The lowest BCUT2D eigenvalue weighted by molar-refractivity contribution is -0.141. The van der Waals surface area contributed by atoms with E-state index in [1.807, 2.05) is 20.8 Å². The number of hydrogen-bond donors (Lipinski definition) is 1. The van der Waals surface area contributed by atoms with Gasteiger partial charge in [0.2, 0.25) is 11.8 Å². The molecule has 2 aromatic rings. The molecule has 0 unspecified atom stereocenters. The molecule has 0 heterocycles. The first kappa shape index (κ1) is 25.4. The maximum Gasteiger partial charge on any atom is 0.243 e. The first-order valence-corrected chi connectivity index (χ1v) is 11.3. The number of carbonyl (C=O) groups is 2. The molecule has 168 valence electrons. The zero-order valence-corrected chi connectivity index (χ0v) is 20.0. The third kappa shape index (κ3) is 6.83. The molecular weight excluding hydrogens is 462 g/mol. The quantitative estimate of drug-likeness (QED) is 0.468. The summed E-state index contributed by atoms with van der Waals surface area (Å²) < 4.78 is 14.3. The molecule has 0 saturated heterocycles. The van der Waals surface area contributed by atoms with Crippen molar-refractivity contribution in [2.75, 3.05) is 0 Å². The van der Waals surface area contributed by atoms with Gasteiger partial charge in [0, 0.05) is 33.2 Å². The standard InChI is InChI=1S/C23H26Cl3FN2O2/c1-4-14(3)28-23(31)21(5-2)29(13-15-9-10-16(24)11-19(15)26)22(30)12-17-18(25)7-6-8-20(17)27/h6-11,14,21H,4-5,12-13H2,1-3H3,(H,28,31)/t14-,21+/m0/s1. The predicted molar refractivity (Wildman–Crippen MR) is 124 cm³/mol. The second kappa shape index (κ2) is 11.7. The smallest absolute Gasteiger partial charge is 0.243 e. The molecule has 0 fully saturated rings. The Balaban J connectivity index is 2.40. The number of halogens is 4. The lowest BCUT2D eigenvalue weighted by Crippen LogP contribution is -2.51. The summed E-state index contributed by atoms with van der Waals surface area (Å²) in [5.74, 6) is -1.26. The first-order valence-electron chi connectivity index (χ1n) is 10.1. The number of nitrogens with one attached hydrogen (secondary N) is 1. The highest BCUT2D eigenvalue weighted by Gasteiger charge is 2.30. The Hall–Kier alpha value is -1.82. The van der Waals surface area contributed by atoms with Crippen molar-refractivity contribution in [3.63, 3.8) is 0 Å². The fourth-order valence-electron chi connectivity index (χ4n) is 3.15. The Labute approximate surface area is 197 Å². The molecule has 0 spiro atoms. The highest BCUT2D eigenvalue weighted by Crippen LogP contribution is 2.25. The molecule has 0 aliphatic rings. The van der Waals surface area contributed by atoms with Gasteiger partial charge in [-0.1, -0.05) is 60.8 Å². The lowest BCUT2D eigenvalue weighted by Gasteiger charge is -2.32. The molecule has 31 heavy (non-hydrogen) atoms. The molecule has 0 saturated carbocycles. The van der Waals surface area contributed by atoms with Crippen LogP contribution < -0.4 is 5.32 Å². The van der Waals surface area contributed by atoms with Crippen LogP contribution in [0.3, 0.4) is 0 Å². The predicted octanol–water partition coefficient (Wildman–Crippen LogP) is 6.05. The van der Waals surface area contributed by atoms with Crippen LogP contribution in [0, 0.1) is 5.82 Å². The zero-order valence-electron chi connectivity index (χ0n) is 17.7. The van der Waals surface area contributed by atoms with Crippen LogP contribution in [0.15, 0.2) is 36.4 Å². The highest BCUT2D eigenvalue weighted by atomic mass is 35.5. The van der Waals surface area contributed by atoms with E-state index in [2.05, 4.69) is 5.32 Å². The van der Waals surface area contributed by atoms with Gasteiger partial charge in [0.05, 0.1) is 6.42 Å². The monoisotopic (exact) mass is 486 g/mol. The number of benzene rings is 2. The van der Waals surface area contributed by atoms with Crippen LogP contribution in [-0.2, 0) is 22.6 Å². The Bertz CT molecular complexity index is 919. The molecule has 0 bridgehead atoms. The van der Waals surface area contributed by atoms with Crippen LogP contribution in [0.25, 0.3) is 0 Å². The average Bonchev–Trinajstić information content (AvgIpc) is 2.71. The number of hydrogen-bond acceptors (Lipinski definition) is 2. The molecule has 2 atom stereocenters. The van der Waals surface area contributed by atoms with E-state index in [9.17, 15) is 14.0 Å². The molecule has 2 amide bonds. The topological polar surface area (TPSA) is 49.4 Å². The van der Waals surface area contributed by atoms with Crippen LogP contribution in [0.1, 0.15) is 44.7 Å². The Morgan fingerprint density at radius 2 is 1.77 bits per heavy atom. The number of nitrogens with zero attached hydrogens (tertiary/aromatic N) is 1. The minimum Gasteiger partial charge on any atom is -0.352 e. The van der Waals surface area contributed by atoms with Crippen LogP contribution in [0.5, 0.6) is 0 Å². The fraction of sp³-hybridized carbons (Fsp3) is 0.391. The maximum absolute atomic E-state index is 14.3. The van der Waals surface area contributed by atoms with Gasteiger partial charge in [-0.3, -0.25) is 9.59 Å². The van der Waals surface area contributed by atoms with E-state index in [1.165, 1.54) is 23.1 Å². The Morgan fingerprint density at radius 1 is 1.06 bits per heavy atom. The number of carbonyl (C=O) groups excluding carboxylic acids is 2. The summed E-state index contributed by atoms with van der Waals surface area (Å²) in [6.07, 6.45) is 0.859. The van der Waals surface area contributed by atoms with Gasteiger partial charge in [0.1, 0.15) is 11.9 Å². The van der Waals surface area contributed by atoms with Crippen molar-refractivity contribution in [1.82, 2.24) is 10.2 Å². The van der Waals surface area contributed by atoms with Crippen molar-refractivity contribution in [1.29, 1.82) is 0 Å². The summed E-state index contributed by atoms with van der Waals surface area (Å²) in [6.45, 7) is 5.75. The average molecular weight is 488 g/mol. The number of rotatable bonds is 9. The van der Waals surface area contributed by atoms with Crippen molar-refractivity contribution >= 4 is 46.6 Å². The normalized spacial score (nSPS) is 12.9. The lowest BCUT2D eigenvalue weighted by atomic mass is 10.1. The van der Waals surface area contributed by atoms with E-state index in [1.54, 1.807) is 18.2 Å². The minimum atomic E-state index is -0.751. The first-order chi connectivity index (χ1) is 14.7. The molecule has 4 nitrogen and oxygen atoms in total. The summed E-state index contributed by atoms with van der Waals surface area (Å²) in [6, 6.07) is 8.42. The van der Waals surface area contributed by atoms with Gasteiger partial charge in [0.15, 0.2) is 0 Å². The van der Waals surface area contributed by atoms with E-state index in [0.717, 1.165) is 6.42 Å². The third-order valence-corrected chi connectivity index (χ3v) is 6.07. The minimum absolute atomic E-state index is 0.0429. The Morgan fingerprint density at radius 3 is 2.35 bits per heavy atom. The molecule has 0 aliphatic heterocycles. The van der Waals surface area contributed by atoms with Crippen LogP contribution in [0.4, 0.5) is 4.39 Å². The number of amides is 2. The molecule has 0 radical (unpaired) electrons. The van der Waals surface area contributed by atoms with Crippen molar-refractivity contribution < 1.29 is 14.0 Å². The fourth-order valence-corrected chi connectivity index (χ4v) is 3.85. The van der Waals surface area contributed by atoms with Gasteiger partial charge in [-0.05, 0) is 49.6 Å². The zero-order chi connectivity index (χ0) is 23.1. The summed E-state index contributed by atoms with van der Waals surface area (Å²) in [4.78, 5) is 27.7. The summed E-state index contributed by atoms with van der Waals surface area (Å²) in [5.41, 5.74) is 0.729. The largest absolute Gasteiger partial charge is 0.352 e. The van der Waals surface area contributed by atoms with Crippen LogP contribution in [0.2, 0.25) is 15.1 Å². The summed E-state index contributed by atoms with van der Waals surface area (Å²) >= 11 is 18.4. The molecule has 2 rings (SSSR count). The van der Waals surface area contributed by atoms with E-state index < -0.39 is 17.8 Å². The second-order valence-electron chi connectivity index (χ2n) is 7.38. The van der Waals surface area contributed by atoms with Gasteiger partial charge in [0.25, 0.3) is 0 Å². The third-order valence-electron chi connectivity index (χ3n) is 5.13. The van der Waals surface area contributed by atoms with Crippen molar-refractivity contribution in [2.45, 2.75) is 58.7 Å². The van der Waals surface area contributed by atoms with Gasteiger partial charge in [-0.2, -0.15) is 0 Å². The molecule has 1 N–H and O–H groups in total. The van der Waals surface area contributed by atoms with E-state index in [4.69, 9.17) is 34.8 Å². The van der Waals surface area contributed by atoms with E-state index in [0.29, 0.717) is 22.0 Å². The van der Waals surface area contributed by atoms with E-state index >= 15 is 0 Å². The Kier molecular flexibility index (Phi) is 9.60. The maximum atomic E-state index is 14.3. The molecule has 2 aromatic carbocycles.